The molecule has 1 aromatic heterocycles. The van der Waals surface area contributed by atoms with Gasteiger partial charge in [-0.05, 0) is 59.0 Å². The predicted octanol–water partition coefficient (Wildman–Crippen LogP) is 3.63. The average molecular weight is 481 g/mol. The summed E-state index contributed by atoms with van der Waals surface area (Å²) in [6.45, 7) is 0. The maximum atomic E-state index is 13.3. The lowest BCUT2D eigenvalue weighted by Gasteiger charge is -2.12. The highest BCUT2D eigenvalue weighted by Gasteiger charge is 2.28. The summed E-state index contributed by atoms with van der Waals surface area (Å²) < 4.78 is 27.6. The number of hydrogen-bond donors (Lipinski definition) is 1. The highest BCUT2D eigenvalue weighted by molar-refractivity contribution is 14.1. The van der Waals surface area contributed by atoms with Gasteiger partial charge in [-0.1, -0.05) is 12.1 Å². The molecule has 2 heterocycles. The molecule has 26 heavy (non-hydrogen) atoms. The van der Waals surface area contributed by atoms with Crippen LogP contribution in [0.3, 0.4) is 0 Å². The molecule has 1 unspecified atom stereocenters. The van der Waals surface area contributed by atoms with E-state index in [2.05, 4.69) is 33.0 Å². The molecule has 3 aromatic rings. The second-order valence-electron chi connectivity index (χ2n) is 5.82. The number of fused-ring (bicyclic) bond motifs is 1. The fourth-order valence-electron chi connectivity index (χ4n) is 2.85. The van der Waals surface area contributed by atoms with Gasteiger partial charge in [-0.3, -0.25) is 9.00 Å². The van der Waals surface area contributed by atoms with E-state index in [0.717, 1.165) is 9.13 Å². The molecule has 1 N–H and O–H groups in total. The maximum absolute atomic E-state index is 13.3. The van der Waals surface area contributed by atoms with Gasteiger partial charge in [0.05, 0.1) is 28.5 Å². The number of amides is 1. The molecular formula is C18H13FIN3O2S. The fourth-order valence-corrected chi connectivity index (χ4v) is 4.74. The van der Waals surface area contributed by atoms with Crippen LogP contribution in [0.1, 0.15) is 21.6 Å². The molecule has 2 aromatic carbocycles. The first-order chi connectivity index (χ1) is 12.5. The van der Waals surface area contributed by atoms with Crippen LogP contribution in [-0.2, 0) is 22.3 Å². The molecule has 1 aliphatic rings. The van der Waals surface area contributed by atoms with Gasteiger partial charge in [-0.15, -0.1) is 0 Å². The Bertz CT molecular complexity index is 1030. The van der Waals surface area contributed by atoms with Crippen molar-refractivity contribution in [2.24, 2.45) is 0 Å². The lowest BCUT2D eigenvalue weighted by molar-refractivity contribution is 0.102. The summed E-state index contributed by atoms with van der Waals surface area (Å²) in [6, 6.07) is 13.1. The standard InChI is InChI=1S/C18H13FIN3O2S/c19-11-5-7-12(8-6-11)23-17(14-9-26(25)10-16(14)22-23)21-18(24)13-3-1-2-4-15(13)20/h1-8H,9-10H2,(H,21,24). The molecule has 5 nitrogen and oxygen atoms in total. The summed E-state index contributed by atoms with van der Waals surface area (Å²) >= 11 is 2.11. The number of aromatic nitrogens is 2. The number of anilines is 1. The number of carbonyl (C=O) groups is 1. The first kappa shape index (κ1) is 17.3. The third-order valence-corrected chi connectivity index (χ3v) is 6.24. The maximum Gasteiger partial charge on any atom is 0.257 e. The summed E-state index contributed by atoms with van der Waals surface area (Å²) in [4.78, 5) is 12.8. The zero-order valence-electron chi connectivity index (χ0n) is 13.4. The van der Waals surface area contributed by atoms with Crippen LogP contribution >= 0.6 is 22.6 Å². The number of halogens is 2. The summed E-state index contributed by atoms with van der Waals surface area (Å²) in [7, 11) is -1.02. The Morgan fingerprint density at radius 1 is 1.15 bits per heavy atom. The van der Waals surface area contributed by atoms with Crippen molar-refractivity contribution in [1.29, 1.82) is 0 Å². The van der Waals surface area contributed by atoms with Crippen LogP contribution in [0.15, 0.2) is 48.5 Å². The lowest BCUT2D eigenvalue weighted by atomic mass is 10.2. The highest BCUT2D eigenvalue weighted by Crippen LogP contribution is 2.31. The monoisotopic (exact) mass is 481 g/mol. The van der Waals surface area contributed by atoms with Crippen molar-refractivity contribution in [1.82, 2.24) is 9.78 Å². The molecule has 1 atom stereocenters. The van der Waals surface area contributed by atoms with Crippen LogP contribution in [0, 0.1) is 9.39 Å². The largest absolute Gasteiger partial charge is 0.306 e. The molecule has 4 rings (SSSR count). The van der Waals surface area contributed by atoms with Crippen LogP contribution in [-0.4, -0.2) is 19.9 Å². The smallest absolute Gasteiger partial charge is 0.257 e. The van der Waals surface area contributed by atoms with Gasteiger partial charge in [0, 0.05) is 19.9 Å². The minimum Gasteiger partial charge on any atom is -0.306 e. The molecule has 0 spiro atoms. The van der Waals surface area contributed by atoms with Crippen molar-refractivity contribution >= 4 is 45.1 Å². The second-order valence-corrected chi connectivity index (χ2v) is 8.44. The van der Waals surface area contributed by atoms with E-state index in [0.29, 0.717) is 34.3 Å². The van der Waals surface area contributed by atoms with Crippen LogP contribution in [0.4, 0.5) is 10.2 Å². The Morgan fingerprint density at radius 2 is 1.88 bits per heavy atom. The van der Waals surface area contributed by atoms with E-state index in [4.69, 9.17) is 0 Å². The minimum atomic E-state index is -1.02. The third-order valence-electron chi connectivity index (χ3n) is 4.09. The summed E-state index contributed by atoms with van der Waals surface area (Å²) in [5.74, 6) is 0.577. The molecule has 1 amide bonds. The Labute approximate surface area is 165 Å². The van der Waals surface area contributed by atoms with Gasteiger partial charge in [-0.2, -0.15) is 5.10 Å². The number of nitrogens with zero attached hydrogens (tertiary/aromatic N) is 2. The van der Waals surface area contributed by atoms with Crippen LogP contribution < -0.4 is 5.32 Å². The number of rotatable bonds is 3. The number of carbonyl (C=O) groups excluding carboxylic acids is 1. The van der Waals surface area contributed by atoms with Gasteiger partial charge in [-0.25, -0.2) is 9.07 Å². The summed E-state index contributed by atoms with van der Waals surface area (Å²) in [5, 5.41) is 7.40. The van der Waals surface area contributed by atoms with Gasteiger partial charge in [0.15, 0.2) is 0 Å². The quantitative estimate of drug-likeness (QED) is 0.582. The van der Waals surface area contributed by atoms with Crippen LogP contribution in [0.5, 0.6) is 0 Å². The van der Waals surface area contributed by atoms with Crippen LogP contribution in [0.2, 0.25) is 0 Å². The Hall–Kier alpha value is -2.07. The van der Waals surface area contributed by atoms with E-state index in [1.54, 1.807) is 28.9 Å². The van der Waals surface area contributed by atoms with E-state index in [1.165, 1.54) is 12.1 Å². The first-order valence-corrected chi connectivity index (χ1v) is 10.4. The summed E-state index contributed by atoms with van der Waals surface area (Å²) in [6.07, 6.45) is 0. The van der Waals surface area contributed by atoms with E-state index >= 15 is 0 Å². The molecule has 0 aliphatic carbocycles. The van der Waals surface area contributed by atoms with E-state index in [1.807, 2.05) is 12.1 Å². The summed E-state index contributed by atoms with van der Waals surface area (Å²) in [5.41, 5.74) is 2.65. The Kier molecular flexibility index (Phi) is 4.62. The zero-order chi connectivity index (χ0) is 18.3. The SMILES string of the molecule is O=C(Nc1c2c(nn1-c1ccc(F)cc1)CS(=O)C2)c1ccccc1I. The van der Waals surface area contributed by atoms with Crippen molar-refractivity contribution in [2.75, 3.05) is 5.32 Å². The molecule has 0 saturated heterocycles. The van der Waals surface area contributed by atoms with Crippen molar-refractivity contribution in [3.05, 3.63) is 74.7 Å². The Balaban J connectivity index is 1.77. The molecule has 1 aliphatic heterocycles. The predicted molar refractivity (Wildman–Crippen MR) is 106 cm³/mol. The van der Waals surface area contributed by atoms with Gasteiger partial charge in [0.1, 0.15) is 11.6 Å². The third kappa shape index (κ3) is 3.18. The Morgan fingerprint density at radius 3 is 2.62 bits per heavy atom. The lowest BCUT2D eigenvalue weighted by Crippen LogP contribution is -2.17. The highest BCUT2D eigenvalue weighted by atomic mass is 127. The minimum absolute atomic E-state index is 0.265. The normalized spacial score (nSPS) is 15.7. The number of nitrogens with one attached hydrogen (secondary N) is 1. The molecular weight excluding hydrogens is 468 g/mol. The molecule has 0 saturated carbocycles. The topological polar surface area (TPSA) is 64.0 Å². The van der Waals surface area contributed by atoms with E-state index in [-0.39, 0.29) is 11.7 Å². The second kappa shape index (κ2) is 6.92. The molecule has 132 valence electrons. The van der Waals surface area contributed by atoms with Crippen molar-refractivity contribution in [2.45, 2.75) is 11.5 Å². The number of hydrogen-bond acceptors (Lipinski definition) is 3. The zero-order valence-corrected chi connectivity index (χ0v) is 16.4. The molecule has 8 heteroatoms. The van der Waals surface area contributed by atoms with Gasteiger partial charge < -0.3 is 5.32 Å². The van der Waals surface area contributed by atoms with Gasteiger partial charge in [0.2, 0.25) is 0 Å². The van der Waals surface area contributed by atoms with Gasteiger partial charge in [0.25, 0.3) is 5.91 Å². The van der Waals surface area contributed by atoms with Crippen LogP contribution in [0.25, 0.3) is 5.69 Å². The first-order valence-electron chi connectivity index (χ1n) is 7.80. The van der Waals surface area contributed by atoms with Crippen molar-refractivity contribution < 1.29 is 13.4 Å². The molecule has 0 radical (unpaired) electrons. The molecule has 0 bridgehead atoms. The number of benzene rings is 2. The van der Waals surface area contributed by atoms with Crippen molar-refractivity contribution in [3.63, 3.8) is 0 Å². The van der Waals surface area contributed by atoms with Gasteiger partial charge >= 0.3 is 0 Å². The van der Waals surface area contributed by atoms with Crippen molar-refractivity contribution in [3.8, 4) is 5.69 Å². The average Bonchev–Trinajstić information content (AvgIpc) is 3.13. The molecule has 0 fully saturated rings. The fraction of sp³-hybridized carbons (Fsp3) is 0.111. The van der Waals surface area contributed by atoms with E-state index in [9.17, 15) is 13.4 Å². The van der Waals surface area contributed by atoms with E-state index < -0.39 is 10.8 Å².